The van der Waals surface area contributed by atoms with Gasteiger partial charge in [-0.25, -0.2) is 0 Å². The van der Waals surface area contributed by atoms with Gasteiger partial charge in [0.1, 0.15) is 5.76 Å². The highest BCUT2D eigenvalue weighted by atomic mass is 16.5. The van der Waals surface area contributed by atoms with Crippen molar-refractivity contribution in [1.29, 1.82) is 0 Å². The number of rotatable bonds is 5. The molecule has 0 unspecified atom stereocenters. The third kappa shape index (κ3) is 4.21. The van der Waals surface area contributed by atoms with E-state index in [0.717, 1.165) is 25.9 Å². The van der Waals surface area contributed by atoms with Crippen LogP contribution in [0.5, 0.6) is 0 Å². The Morgan fingerprint density at radius 3 is 2.40 bits per heavy atom. The molecule has 4 rings (SSSR count). The van der Waals surface area contributed by atoms with Crippen molar-refractivity contribution in [3.05, 3.63) is 36.1 Å². The Balaban J connectivity index is 0.00000109. The lowest BCUT2D eigenvalue weighted by Crippen LogP contribution is -2.67. The van der Waals surface area contributed by atoms with E-state index in [-0.39, 0.29) is 17.7 Å². The van der Waals surface area contributed by atoms with Gasteiger partial charge < -0.3 is 10.1 Å². The maximum atomic E-state index is 12.1. The molecule has 25 heavy (non-hydrogen) atoms. The molecule has 2 amide bonds. The smallest absolute Gasteiger partial charge is 0.270 e. The Morgan fingerprint density at radius 1 is 1.20 bits per heavy atom. The molecule has 3 aliphatic heterocycles. The molecule has 5 nitrogen and oxygen atoms in total. The molecular weight excluding hydrogens is 316 g/mol. The summed E-state index contributed by atoms with van der Waals surface area (Å²) in [7, 11) is 0. The van der Waals surface area contributed by atoms with Gasteiger partial charge in [0.2, 0.25) is 5.91 Å². The molecule has 0 atom stereocenters. The van der Waals surface area contributed by atoms with Gasteiger partial charge in [0, 0.05) is 18.8 Å². The normalized spacial score (nSPS) is 29.8. The van der Waals surface area contributed by atoms with Crippen LogP contribution in [0.25, 0.3) is 0 Å². The van der Waals surface area contributed by atoms with Crippen molar-refractivity contribution in [1.82, 2.24) is 10.6 Å². The molecule has 5 heteroatoms. The molecule has 1 aliphatic carbocycles. The summed E-state index contributed by atoms with van der Waals surface area (Å²) in [6, 6.07) is 0. The summed E-state index contributed by atoms with van der Waals surface area (Å²) in [4.78, 5) is 23.6. The number of ether oxygens (including phenoxy) is 1. The fourth-order valence-electron chi connectivity index (χ4n) is 3.56. The number of fused-ring (bicyclic) bond motifs is 2. The number of imide groups is 1. The Kier molecular flexibility index (Phi) is 6.59. The van der Waals surface area contributed by atoms with Crippen LogP contribution in [0.15, 0.2) is 36.1 Å². The van der Waals surface area contributed by atoms with E-state index < -0.39 is 5.60 Å². The minimum absolute atomic E-state index is 0.0919. The van der Waals surface area contributed by atoms with Crippen LogP contribution >= 0.6 is 0 Å². The SMILES string of the molecule is C=C/C(=C\C=C(/C)C1CCNCC1)OC12CC(C1)C(=O)NC2=O.CC. The Labute approximate surface area is 150 Å². The van der Waals surface area contributed by atoms with Gasteiger partial charge in [0.05, 0.1) is 0 Å². The number of amides is 2. The zero-order valence-corrected chi connectivity index (χ0v) is 15.6. The van der Waals surface area contributed by atoms with Gasteiger partial charge >= 0.3 is 0 Å². The second-order valence-electron chi connectivity index (χ2n) is 6.73. The van der Waals surface area contributed by atoms with E-state index in [1.165, 1.54) is 5.57 Å². The lowest BCUT2D eigenvalue weighted by Gasteiger charge is -2.48. The second-order valence-corrected chi connectivity index (χ2v) is 6.73. The van der Waals surface area contributed by atoms with E-state index in [1.807, 2.05) is 19.9 Å². The van der Waals surface area contributed by atoms with Crippen molar-refractivity contribution in [3.63, 3.8) is 0 Å². The van der Waals surface area contributed by atoms with E-state index in [9.17, 15) is 9.59 Å². The third-order valence-electron chi connectivity index (χ3n) is 5.18. The molecule has 0 aromatic heterocycles. The number of nitrogens with one attached hydrogen (secondary N) is 2. The predicted octanol–water partition coefficient (Wildman–Crippen LogP) is 2.85. The molecule has 4 aliphatic rings. The molecule has 1 saturated carbocycles. The largest absolute Gasteiger partial charge is 0.477 e. The molecule has 3 saturated heterocycles. The fraction of sp³-hybridized carbons (Fsp3) is 0.600. The highest BCUT2D eigenvalue weighted by Gasteiger charge is 2.59. The first kappa shape index (κ1) is 19.4. The average Bonchev–Trinajstić information content (AvgIpc) is 2.61. The molecule has 0 aromatic rings. The third-order valence-corrected chi connectivity index (χ3v) is 5.18. The van der Waals surface area contributed by atoms with E-state index in [0.29, 0.717) is 24.5 Å². The van der Waals surface area contributed by atoms with Crippen molar-refractivity contribution in [3.8, 4) is 0 Å². The van der Waals surface area contributed by atoms with Crippen LogP contribution in [0.4, 0.5) is 0 Å². The van der Waals surface area contributed by atoms with E-state index >= 15 is 0 Å². The minimum atomic E-state index is -0.880. The predicted molar refractivity (Wildman–Crippen MR) is 98.7 cm³/mol. The Morgan fingerprint density at radius 2 is 1.84 bits per heavy atom. The molecule has 0 spiro atoms. The van der Waals surface area contributed by atoms with Crippen LogP contribution in [0, 0.1) is 11.8 Å². The fourth-order valence-corrected chi connectivity index (χ4v) is 3.56. The number of carbonyl (C=O) groups is 2. The zero-order valence-electron chi connectivity index (χ0n) is 15.6. The minimum Gasteiger partial charge on any atom is -0.477 e. The van der Waals surface area contributed by atoms with Crippen LogP contribution in [-0.4, -0.2) is 30.5 Å². The van der Waals surface area contributed by atoms with Gasteiger partial charge in [-0.2, -0.15) is 0 Å². The first-order chi connectivity index (χ1) is 12.0. The molecule has 0 radical (unpaired) electrons. The zero-order chi connectivity index (χ0) is 18.4. The van der Waals surface area contributed by atoms with Crippen molar-refractivity contribution in [2.24, 2.45) is 11.8 Å². The summed E-state index contributed by atoms with van der Waals surface area (Å²) >= 11 is 0. The number of hydrogen-bond acceptors (Lipinski definition) is 4. The molecule has 2 bridgehead atoms. The standard InChI is InChI=1S/C18H24N2O3.C2H6/c1-3-15(5-4-12(2)13-6-8-19-9-7-13)23-18-10-14(11-18)16(21)20-17(18)22;1-2/h3-5,13-14,19H,1,6-11H2,2H3,(H,20,21,22);1-2H3/b12-4+,15-5+;. The topological polar surface area (TPSA) is 67.4 Å². The highest BCUT2D eigenvalue weighted by Crippen LogP contribution is 2.45. The molecule has 3 heterocycles. The molecule has 0 aromatic carbocycles. The second kappa shape index (κ2) is 8.48. The Bertz CT molecular complexity index is 580. The van der Waals surface area contributed by atoms with Gasteiger partial charge in [0.15, 0.2) is 5.60 Å². The van der Waals surface area contributed by atoms with Crippen molar-refractivity contribution >= 4 is 11.8 Å². The molecule has 2 N–H and O–H groups in total. The maximum absolute atomic E-state index is 12.1. The van der Waals surface area contributed by atoms with Crippen molar-refractivity contribution in [2.45, 2.75) is 52.1 Å². The molecule has 138 valence electrons. The van der Waals surface area contributed by atoms with E-state index in [2.05, 4.69) is 30.2 Å². The summed E-state index contributed by atoms with van der Waals surface area (Å²) in [5.41, 5.74) is 0.441. The summed E-state index contributed by atoms with van der Waals surface area (Å²) in [6.45, 7) is 12.0. The van der Waals surface area contributed by atoms with Gasteiger partial charge in [-0.05, 0) is 50.9 Å². The van der Waals surface area contributed by atoms with Crippen LogP contribution in [0.1, 0.15) is 46.5 Å². The Hall–Kier alpha value is -1.88. The summed E-state index contributed by atoms with van der Waals surface area (Å²) in [6.07, 6.45) is 8.81. The lowest BCUT2D eigenvalue weighted by molar-refractivity contribution is -0.176. The monoisotopic (exact) mass is 346 g/mol. The summed E-state index contributed by atoms with van der Waals surface area (Å²) in [5, 5.41) is 5.74. The average molecular weight is 346 g/mol. The van der Waals surface area contributed by atoms with Crippen LogP contribution in [0.2, 0.25) is 0 Å². The van der Waals surface area contributed by atoms with E-state index in [4.69, 9.17) is 4.74 Å². The van der Waals surface area contributed by atoms with Crippen molar-refractivity contribution < 1.29 is 14.3 Å². The molecule has 4 fully saturated rings. The van der Waals surface area contributed by atoms with Crippen LogP contribution < -0.4 is 10.6 Å². The number of carbonyl (C=O) groups excluding carboxylic acids is 2. The first-order valence-corrected chi connectivity index (χ1v) is 9.30. The number of hydrogen-bond donors (Lipinski definition) is 2. The highest BCUT2D eigenvalue weighted by molar-refractivity contribution is 6.06. The van der Waals surface area contributed by atoms with Crippen LogP contribution in [-0.2, 0) is 14.3 Å². The molecular formula is C20H30N2O3. The van der Waals surface area contributed by atoms with Gasteiger partial charge in [-0.1, -0.05) is 32.1 Å². The van der Waals surface area contributed by atoms with Crippen molar-refractivity contribution in [2.75, 3.05) is 13.1 Å². The lowest BCUT2D eigenvalue weighted by atomic mass is 9.66. The number of allylic oxidation sites excluding steroid dienone is 4. The summed E-state index contributed by atoms with van der Waals surface area (Å²) < 4.78 is 5.91. The van der Waals surface area contributed by atoms with Gasteiger partial charge in [-0.3, -0.25) is 14.9 Å². The quantitative estimate of drug-likeness (QED) is 0.456. The maximum Gasteiger partial charge on any atom is 0.270 e. The summed E-state index contributed by atoms with van der Waals surface area (Å²) in [5.74, 6) is 0.593. The van der Waals surface area contributed by atoms with Gasteiger partial charge in [0.25, 0.3) is 5.91 Å². The van der Waals surface area contributed by atoms with E-state index in [1.54, 1.807) is 6.08 Å². The van der Waals surface area contributed by atoms with Gasteiger partial charge in [-0.15, -0.1) is 0 Å². The first-order valence-electron chi connectivity index (χ1n) is 9.30. The number of piperidine rings is 3. The van der Waals surface area contributed by atoms with Crippen LogP contribution in [0.3, 0.4) is 0 Å².